The van der Waals surface area contributed by atoms with E-state index < -0.39 is 29.4 Å². The van der Waals surface area contributed by atoms with Crippen molar-refractivity contribution < 1.29 is 33.3 Å². The van der Waals surface area contributed by atoms with Crippen molar-refractivity contribution in [3.8, 4) is 29.1 Å². The molecule has 0 radical (unpaired) electrons. The van der Waals surface area contributed by atoms with Gasteiger partial charge in [0.05, 0.1) is 25.1 Å². The van der Waals surface area contributed by atoms with Crippen LogP contribution in [0.2, 0.25) is 0 Å². The van der Waals surface area contributed by atoms with Crippen LogP contribution < -0.4 is 19.7 Å². The van der Waals surface area contributed by atoms with Crippen molar-refractivity contribution >= 4 is 17.5 Å². The highest BCUT2D eigenvalue weighted by molar-refractivity contribution is 6.03. The minimum Gasteiger partial charge on any atom is -0.489 e. The quantitative estimate of drug-likeness (QED) is 0.407. The highest BCUT2D eigenvalue weighted by Crippen LogP contribution is 2.32. The van der Waals surface area contributed by atoms with Gasteiger partial charge in [0, 0.05) is 24.9 Å². The number of ether oxygens (including phenoxy) is 3. The highest BCUT2D eigenvalue weighted by Gasteiger charge is 2.34. The zero-order valence-corrected chi connectivity index (χ0v) is 19.6. The van der Waals surface area contributed by atoms with E-state index in [1.54, 1.807) is 25.2 Å². The number of hydrogen-bond donors (Lipinski definition) is 2. The summed E-state index contributed by atoms with van der Waals surface area (Å²) >= 11 is 0. The van der Waals surface area contributed by atoms with Gasteiger partial charge in [0.25, 0.3) is 11.8 Å². The molecular weight excluding hydrogens is 483 g/mol. The summed E-state index contributed by atoms with van der Waals surface area (Å²) in [7, 11) is 1.57. The number of pyridine rings is 2. The molecule has 10 nitrogen and oxygen atoms in total. The number of likely N-dealkylation sites (N-methyl/N-ethyl adjacent to an activating group) is 1. The standard InChI is InChI=1S/C26H21FN4O6/c1-31-21-10-16(6-8-26(34)14-35-15-26)2-4-22(21)36-13-20(25(31)33)30-24(32)19-11-17(7-9-28-19)37-18-3-5-23(27)29-12-18/h2-5,7,9-12,20,34H,13-15H2,1H3,(H,30,32)/t20-/m0/s1. The van der Waals surface area contributed by atoms with Gasteiger partial charge in [-0.2, -0.15) is 4.39 Å². The second-order valence-electron chi connectivity index (χ2n) is 8.49. The summed E-state index contributed by atoms with van der Waals surface area (Å²) in [6, 6.07) is 9.57. The first-order chi connectivity index (χ1) is 17.8. The fourth-order valence-electron chi connectivity index (χ4n) is 3.63. The predicted octanol–water partition coefficient (Wildman–Crippen LogP) is 1.67. The highest BCUT2D eigenvalue weighted by atomic mass is 19.1. The molecule has 37 heavy (non-hydrogen) atoms. The molecule has 4 heterocycles. The fraction of sp³-hybridized carbons (Fsp3) is 0.231. The Labute approximate surface area is 211 Å². The monoisotopic (exact) mass is 504 g/mol. The summed E-state index contributed by atoms with van der Waals surface area (Å²) in [4.78, 5) is 35.0. The first kappa shape index (κ1) is 24.2. The maximum absolute atomic E-state index is 13.2. The van der Waals surface area contributed by atoms with Gasteiger partial charge in [0.1, 0.15) is 35.6 Å². The van der Waals surface area contributed by atoms with Crippen LogP contribution in [-0.2, 0) is 9.53 Å². The van der Waals surface area contributed by atoms with Crippen LogP contribution in [0, 0.1) is 17.8 Å². The molecule has 1 fully saturated rings. The second-order valence-corrected chi connectivity index (χ2v) is 8.49. The topological polar surface area (TPSA) is 123 Å². The van der Waals surface area contributed by atoms with Crippen LogP contribution in [0.3, 0.4) is 0 Å². The van der Waals surface area contributed by atoms with Crippen LogP contribution in [-0.4, -0.2) is 65.4 Å². The molecule has 5 rings (SSSR count). The molecule has 1 aromatic carbocycles. The Morgan fingerprint density at radius 1 is 1.22 bits per heavy atom. The van der Waals surface area contributed by atoms with E-state index in [9.17, 15) is 19.1 Å². The van der Waals surface area contributed by atoms with Gasteiger partial charge in [-0.15, -0.1) is 0 Å². The van der Waals surface area contributed by atoms with Crippen molar-refractivity contribution in [1.82, 2.24) is 15.3 Å². The Bertz CT molecular complexity index is 1410. The van der Waals surface area contributed by atoms with Crippen LogP contribution in [0.15, 0.2) is 54.9 Å². The molecule has 2 aliphatic rings. The number of nitrogens with zero attached hydrogens (tertiary/aromatic N) is 3. The van der Waals surface area contributed by atoms with E-state index in [4.69, 9.17) is 14.2 Å². The van der Waals surface area contributed by atoms with Gasteiger partial charge in [-0.05, 0) is 36.4 Å². The van der Waals surface area contributed by atoms with E-state index in [0.29, 0.717) is 17.0 Å². The molecule has 188 valence electrons. The molecule has 3 aromatic rings. The van der Waals surface area contributed by atoms with Gasteiger partial charge in [0.15, 0.2) is 5.60 Å². The van der Waals surface area contributed by atoms with Gasteiger partial charge in [-0.3, -0.25) is 14.6 Å². The molecule has 2 aromatic heterocycles. The Morgan fingerprint density at radius 3 is 2.78 bits per heavy atom. The molecule has 1 atom stereocenters. The first-order valence-electron chi connectivity index (χ1n) is 11.2. The average Bonchev–Trinajstić information content (AvgIpc) is 3.00. The number of amides is 2. The van der Waals surface area contributed by atoms with E-state index in [1.807, 2.05) is 0 Å². The summed E-state index contributed by atoms with van der Waals surface area (Å²) in [6.07, 6.45) is 2.59. The van der Waals surface area contributed by atoms with E-state index in [-0.39, 0.29) is 37.0 Å². The summed E-state index contributed by atoms with van der Waals surface area (Å²) in [5.74, 6) is 5.05. The zero-order valence-electron chi connectivity index (χ0n) is 19.6. The maximum atomic E-state index is 13.2. The maximum Gasteiger partial charge on any atom is 0.270 e. The number of aromatic nitrogens is 2. The van der Waals surface area contributed by atoms with Crippen LogP contribution in [0.5, 0.6) is 17.2 Å². The largest absolute Gasteiger partial charge is 0.489 e. The lowest BCUT2D eigenvalue weighted by atomic mass is 10.0. The number of anilines is 1. The molecule has 0 aliphatic carbocycles. The summed E-state index contributed by atoms with van der Waals surface area (Å²) in [5.41, 5.74) is -0.0820. The summed E-state index contributed by atoms with van der Waals surface area (Å²) < 4.78 is 29.4. The van der Waals surface area contributed by atoms with Gasteiger partial charge in [0.2, 0.25) is 5.95 Å². The summed E-state index contributed by atoms with van der Waals surface area (Å²) in [5, 5.41) is 12.8. The summed E-state index contributed by atoms with van der Waals surface area (Å²) in [6.45, 7) is 0.212. The molecular formula is C26H21FN4O6. The van der Waals surface area contributed by atoms with Gasteiger partial charge in [-0.1, -0.05) is 11.8 Å². The van der Waals surface area contributed by atoms with Crippen LogP contribution in [0.25, 0.3) is 0 Å². The number of rotatable bonds is 4. The van der Waals surface area contributed by atoms with Gasteiger partial charge < -0.3 is 29.5 Å². The lowest BCUT2D eigenvalue weighted by molar-refractivity contribution is -0.140. The van der Waals surface area contributed by atoms with Crippen LogP contribution in [0.4, 0.5) is 10.1 Å². The van der Waals surface area contributed by atoms with E-state index in [2.05, 4.69) is 27.1 Å². The lowest BCUT2D eigenvalue weighted by Gasteiger charge is -2.30. The first-order valence-corrected chi connectivity index (χ1v) is 11.2. The van der Waals surface area contributed by atoms with Gasteiger partial charge >= 0.3 is 0 Å². The number of aliphatic hydroxyl groups is 1. The molecule has 1 saturated heterocycles. The molecule has 2 aliphatic heterocycles. The number of carbonyl (C=O) groups excluding carboxylic acids is 2. The number of nitrogens with one attached hydrogen (secondary N) is 1. The minimum absolute atomic E-state index is 0.0141. The number of benzene rings is 1. The normalized spacial score (nSPS) is 17.8. The van der Waals surface area contributed by atoms with Crippen molar-refractivity contribution in [1.29, 1.82) is 0 Å². The van der Waals surface area contributed by atoms with Gasteiger partial charge in [-0.25, -0.2) is 4.98 Å². The Hall–Kier alpha value is -4.53. The zero-order chi connectivity index (χ0) is 26.0. The van der Waals surface area contributed by atoms with E-state index in [1.165, 1.54) is 35.5 Å². The average molecular weight is 504 g/mol. The van der Waals surface area contributed by atoms with Crippen molar-refractivity contribution in [2.75, 3.05) is 31.8 Å². The van der Waals surface area contributed by atoms with Crippen LogP contribution >= 0.6 is 0 Å². The molecule has 0 bridgehead atoms. The number of halogens is 1. The number of fused-ring (bicyclic) bond motifs is 1. The lowest BCUT2D eigenvalue weighted by Crippen LogP contribution is -2.49. The third-order valence-electron chi connectivity index (χ3n) is 5.68. The van der Waals surface area contributed by atoms with Crippen molar-refractivity contribution in [2.24, 2.45) is 0 Å². The smallest absolute Gasteiger partial charge is 0.270 e. The second kappa shape index (κ2) is 9.85. The minimum atomic E-state index is -1.16. The number of hydrogen-bond acceptors (Lipinski definition) is 8. The molecule has 0 spiro atoms. The fourth-order valence-corrected chi connectivity index (χ4v) is 3.63. The predicted molar refractivity (Wildman–Crippen MR) is 128 cm³/mol. The molecule has 0 unspecified atom stereocenters. The Balaban J connectivity index is 1.28. The Morgan fingerprint density at radius 2 is 2.05 bits per heavy atom. The Kier molecular flexibility index (Phi) is 6.43. The van der Waals surface area contributed by atoms with Crippen molar-refractivity contribution in [3.63, 3.8) is 0 Å². The molecule has 0 saturated carbocycles. The van der Waals surface area contributed by atoms with Crippen LogP contribution in [0.1, 0.15) is 16.1 Å². The third-order valence-corrected chi connectivity index (χ3v) is 5.68. The SMILES string of the molecule is CN1C(=O)[C@@H](NC(=O)c2cc(Oc3ccc(F)nc3)ccn2)COc2ccc(C#CC3(O)COC3)cc21. The van der Waals surface area contributed by atoms with Crippen molar-refractivity contribution in [3.05, 3.63) is 72.1 Å². The number of carbonyl (C=O) groups is 2. The third kappa shape index (κ3) is 5.35. The molecule has 11 heteroatoms. The van der Waals surface area contributed by atoms with E-state index >= 15 is 0 Å². The van der Waals surface area contributed by atoms with E-state index in [0.717, 1.165) is 6.07 Å². The molecule has 2 amide bonds. The molecule has 2 N–H and O–H groups in total. The van der Waals surface area contributed by atoms with Crippen molar-refractivity contribution in [2.45, 2.75) is 11.6 Å².